The molecule has 7 heteroatoms. The highest BCUT2D eigenvalue weighted by Gasteiger charge is 2.36. The van der Waals surface area contributed by atoms with Gasteiger partial charge in [-0.1, -0.05) is 37.0 Å². The summed E-state index contributed by atoms with van der Waals surface area (Å²) < 4.78 is 0.641. The molecule has 1 aromatic rings. The van der Waals surface area contributed by atoms with Gasteiger partial charge in [0.15, 0.2) is 0 Å². The number of hydrogen-bond donors (Lipinski definition) is 1. The number of anilines is 1. The first-order valence-electron chi connectivity index (χ1n) is 6.07. The Kier molecular flexibility index (Phi) is 4.62. The highest BCUT2D eigenvalue weighted by molar-refractivity contribution is 9.10. The van der Waals surface area contributed by atoms with Crippen LogP contribution in [-0.4, -0.2) is 24.4 Å². The molecule has 2 amide bonds. The Morgan fingerprint density at radius 2 is 1.95 bits per heavy atom. The third-order valence-corrected chi connectivity index (χ3v) is 4.88. The Morgan fingerprint density at radius 1 is 1.30 bits per heavy atom. The van der Waals surface area contributed by atoms with Crippen LogP contribution < -0.4 is 10.2 Å². The number of nitrogens with one attached hydrogen (secondary N) is 1. The van der Waals surface area contributed by atoms with E-state index in [4.69, 9.17) is 23.2 Å². The minimum atomic E-state index is -0.547. The fraction of sp³-hybridized carbons (Fsp3) is 0.385. The number of amides is 2. The fourth-order valence-corrected chi connectivity index (χ4v) is 2.92. The molecule has 1 unspecified atom stereocenters. The van der Waals surface area contributed by atoms with E-state index in [9.17, 15) is 9.59 Å². The van der Waals surface area contributed by atoms with Gasteiger partial charge in [-0.15, -0.1) is 0 Å². The minimum Gasteiger partial charge on any atom is -0.342 e. The van der Waals surface area contributed by atoms with E-state index in [1.54, 1.807) is 12.1 Å². The molecule has 0 spiro atoms. The number of benzene rings is 1. The Hall–Kier alpha value is -0.780. The van der Waals surface area contributed by atoms with Gasteiger partial charge in [-0.05, 0) is 34.0 Å². The van der Waals surface area contributed by atoms with E-state index in [2.05, 4.69) is 21.2 Å². The molecule has 0 bridgehead atoms. The van der Waals surface area contributed by atoms with E-state index in [-0.39, 0.29) is 29.3 Å². The van der Waals surface area contributed by atoms with Gasteiger partial charge in [0.1, 0.15) is 12.6 Å². The molecule has 1 N–H and O–H groups in total. The zero-order valence-electron chi connectivity index (χ0n) is 10.9. The zero-order chi connectivity index (χ0) is 15.0. The molecular formula is C13H13BrCl2N2O2. The molecule has 2 rings (SSSR count). The Bertz CT molecular complexity index is 578. The predicted molar refractivity (Wildman–Crippen MR) is 83.3 cm³/mol. The first-order chi connectivity index (χ1) is 9.32. The number of carbonyl (C=O) groups is 2. The summed E-state index contributed by atoms with van der Waals surface area (Å²) in [5.74, 6) is -0.391. The fourth-order valence-electron chi connectivity index (χ4n) is 2.05. The SMILES string of the molecule is CC(C)C1NC(=O)CN(c2ccc(Br)c(Cl)c2Cl)C1=O. The predicted octanol–water partition coefficient (Wildman–Crippen LogP) is 3.24. The van der Waals surface area contributed by atoms with Crippen molar-refractivity contribution in [3.05, 3.63) is 26.7 Å². The molecule has 0 saturated carbocycles. The first kappa shape index (κ1) is 15.6. The summed E-state index contributed by atoms with van der Waals surface area (Å²) in [5.41, 5.74) is 0.449. The number of piperazine rings is 1. The lowest BCUT2D eigenvalue weighted by Crippen LogP contribution is -2.60. The summed E-state index contributed by atoms with van der Waals surface area (Å²) in [7, 11) is 0. The third kappa shape index (κ3) is 2.80. The van der Waals surface area contributed by atoms with Crippen molar-refractivity contribution in [3.8, 4) is 0 Å². The summed E-state index contributed by atoms with van der Waals surface area (Å²) in [6.45, 7) is 3.70. The molecule has 1 aromatic carbocycles. The van der Waals surface area contributed by atoms with Crippen molar-refractivity contribution < 1.29 is 9.59 Å². The molecule has 1 fully saturated rings. The first-order valence-corrected chi connectivity index (χ1v) is 7.62. The van der Waals surface area contributed by atoms with Gasteiger partial charge in [-0.3, -0.25) is 14.5 Å². The maximum absolute atomic E-state index is 12.5. The Balaban J connectivity index is 2.43. The number of carbonyl (C=O) groups excluding carboxylic acids is 2. The van der Waals surface area contributed by atoms with E-state index in [0.717, 1.165) is 0 Å². The second-order valence-corrected chi connectivity index (χ2v) is 6.52. The van der Waals surface area contributed by atoms with Gasteiger partial charge >= 0.3 is 0 Å². The smallest absolute Gasteiger partial charge is 0.250 e. The Labute approximate surface area is 135 Å². The van der Waals surface area contributed by atoms with Crippen LogP contribution in [0.4, 0.5) is 5.69 Å². The number of halogens is 3. The van der Waals surface area contributed by atoms with Crippen molar-refractivity contribution in [2.24, 2.45) is 5.92 Å². The standard InChI is InChI=1S/C13H13BrCl2N2O2/c1-6(2)12-13(20)18(5-9(19)17-12)8-4-3-7(14)10(15)11(8)16/h3-4,6,12H,5H2,1-2H3,(H,17,19). The van der Waals surface area contributed by atoms with Crippen LogP contribution >= 0.6 is 39.1 Å². The molecule has 0 radical (unpaired) electrons. The van der Waals surface area contributed by atoms with Gasteiger partial charge in [-0.2, -0.15) is 0 Å². The molecule has 4 nitrogen and oxygen atoms in total. The van der Waals surface area contributed by atoms with Gasteiger partial charge in [-0.25, -0.2) is 0 Å². The van der Waals surface area contributed by atoms with Crippen LogP contribution in [0.5, 0.6) is 0 Å². The van der Waals surface area contributed by atoms with Crippen LogP contribution in [0.1, 0.15) is 13.8 Å². The monoisotopic (exact) mass is 378 g/mol. The molecular weight excluding hydrogens is 367 g/mol. The molecule has 1 aliphatic rings. The Morgan fingerprint density at radius 3 is 2.55 bits per heavy atom. The topological polar surface area (TPSA) is 49.4 Å². The molecule has 1 heterocycles. The highest BCUT2D eigenvalue weighted by atomic mass is 79.9. The second-order valence-electron chi connectivity index (χ2n) is 4.91. The van der Waals surface area contributed by atoms with Gasteiger partial charge in [0.2, 0.25) is 11.8 Å². The van der Waals surface area contributed by atoms with E-state index in [0.29, 0.717) is 15.2 Å². The number of rotatable bonds is 2. The summed E-state index contributed by atoms with van der Waals surface area (Å²) in [6.07, 6.45) is 0. The van der Waals surface area contributed by atoms with Crippen LogP contribution in [0.2, 0.25) is 10.0 Å². The van der Waals surface area contributed by atoms with E-state index in [1.165, 1.54) is 4.90 Å². The largest absolute Gasteiger partial charge is 0.342 e. The van der Waals surface area contributed by atoms with Crippen LogP contribution in [0.3, 0.4) is 0 Å². The van der Waals surface area contributed by atoms with Crippen LogP contribution in [0.15, 0.2) is 16.6 Å². The van der Waals surface area contributed by atoms with Gasteiger partial charge in [0.05, 0.1) is 15.7 Å². The molecule has 20 heavy (non-hydrogen) atoms. The summed E-state index contributed by atoms with van der Waals surface area (Å²) in [4.78, 5) is 25.6. The average Bonchev–Trinajstić information content (AvgIpc) is 2.39. The normalized spacial score (nSPS) is 19.5. The highest BCUT2D eigenvalue weighted by Crippen LogP contribution is 2.38. The second kappa shape index (κ2) is 5.92. The number of hydrogen-bond acceptors (Lipinski definition) is 2. The van der Waals surface area contributed by atoms with Gasteiger partial charge in [0, 0.05) is 4.47 Å². The molecule has 108 valence electrons. The minimum absolute atomic E-state index is 0.000976. The maximum Gasteiger partial charge on any atom is 0.250 e. The lowest BCUT2D eigenvalue weighted by Gasteiger charge is -2.34. The maximum atomic E-state index is 12.5. The lowest BCUT2D eigenvalue weighted by atomic mass is 10.0. The van der Waals surface area contributed by atoms with Crippen LogP contribution in [-0.2, 0) is 9.59 Å². The quantitative estimate of drug-likeness (QED) is 0.802. The van der Waals surface area contributed by atoms with Gasteiger partial charge < -0.3 is 5.32 Å². The van der Waals surface area contributed by atoms with E-state index < -0.39 is 6.04 Å². The van der Waals surface area contributed by atoms with Crippen molar-refractivity contribution in [2.45, 2.75) is 19.9 Å². The van der Waals surface area contributed by atoms with Crippen molar-refractivity contribution >= 4 is 56.6 Å². The molecule has 0 aliphatic carbocycles. The average molecular weight is 380 g/mol. The van der Waals surface area contributed by atoms with Crippen molar-refractivity contribution in [1.82, 2.24) is 5.32 Å². The van der Waals surface area contributed by atoms with Crippen molar-refractivity contribution in [2.75, 3.05) is 11.4 Å². The molecule has 1 atom stereocenters. The zero-order valence-corrected chi connectivity index (χ0v) is 14.0. The third-order valence-electron chi connectivity index (χ3n) is 3.12. The van der Waals surface area contributed by atoms with Crippen LogP contribution in [0, 0.1) is 5.92 Å². The van der Waals surface area contributed by atoms with E-state index in [1.807, 2.05) is 13.8 Å². The lowest BCUT2D eigenvalue weighted by molar-refractivity contribution is -0.132. The molecule has 1 aliphatic heterocycles. The van der Waals surface area contributed by atoms with Crippen LogP contribution in [0.25, 0.3) is 0 Å². The van der Waals surface area contributed by atoms with Crippen molar-refractivity contribution in [1.29, 1.82) is 0 Å². The molecule has 0 aromatic heterocycles. The summed E-state index contributed by atoms with van der Waals surface area (Å²) >= 11 is 15.5. The van der Waals surface area contributed by atoms with Crippen molar-refractivity contribution in [3.63, 3.8) is 0 Å². The summed E-state index contributed by atoms with van der Waals surface area (Å²) in [5, 5.41) is 3.27. The van der Waals surface area contributed by atoms with E-state index >= 15 is 0 Å². The summed E-state index contributed by atoms with van der Waals surface area (Å²) in [6, 6.07) is 2.83. The van der Waals surface area contributed by atoms with Gasteiger partial charge in [0.25, 0.3) is 0 Å². The molecule has 1 saturated heterocycles. The number of nitrogens with zero attached hydrogens (tertiary/aromatic N) is 1.